The van der Waals surface area contributed by atoms with Gasteiger partial charge in [-0.2, -0.15) is 0 Å². The molecule has 0 unspecified atom stereocenters. The molecule has 3 rings (SSSR count). The summed E-state index contributed by atoms with van der Waals surface area (Å²) < 4.78 is 0. The summed E-state index contributed by atoms with van der Waals surface area (Å²) in [5.74, 6) is -0.0456. The third-order valence-electron chi connectivity index (χ3n) is 4.46. The van der Waals surface area contributed by atoms with E-state index in [1.807, 2.05) is 29.6 Å². The van der Waals surface area contributed by atoms with Gasteiger partial charge in [-0.05, 0) is 18.4 Å². The Morgan fingerprint density at radius 3 is 2.58 bits per heavy atom. The summed E-state index contributed by atoms with van der Waals surface area (Å²) in [6, 6.07) is 7.97. The fourth-order valence-corrected chi connectivity index (χ4v) is 3.76. The van der Waals surface area contributed by atoms with E-state index in [9.17, 15) is 9.59 Å². The molecule has 3 N–H and O–H groups in total. The second-order valence-electron chi connectivity index (χ2n) is 6.58. The Bertz CT molecular complexity index is 751. The maximum atomic E-state index is 12.1. The number of anilines is 1. The molecule has 6 nitrogen and oxygen atoms in total. The Balaban J connectivity index is 1.55. The van der Waals surface area contributed by atoms with Gasteiger partial charge in [0, 0.05) is 30.5 Å². The zero-order chi connectivity index (χ0) is 18.4. The van der Waals surface area contributed by atoms with Gasteiger partial charge in [0.15, 0.2) is 5.13 Å². The zero-order valence-corrected chi connectivity index (χ0v) is 15.7. The topological polar surface area (TPSA) is 83.1 Å². The average molecular weight is 372 g/mol. The molecule has 138 valence electrons. The molecule has 7 heteroatoms. The maximum Gasteiger partial charge on any atom is 0.321 e. The van der Waals surface area contributed by atoms with Crippen LogP contribution in [0.15, 0.2) is 29.6 Å². The van der Waals surface area contributed by atoms with Crippen molar-refractivity contribution in [3.8, 4) is 11.3 Å². The highest BCUT2D eigenvalue weighted by molar-refractivity contribution is 7.14. The van der Waals surface area contributed by atoms with Crippen molar-refractivity contribution >= 4 is 28.4 Å². The summed E-state index contributed by atoms with van der Waals surface area (Å²) in [6.07, 6.45) is 5.75. The Morgan fingerprint density at radius 1 is 1.15 bits per heavy atom. The number of nitrogens with zero attached hydrogens (tertiary/aromatic N) is 1. The van der Waals surface area contributed by atoms with Crippen LogP contribution in [0.2, 0.25) is 0 Å². The van der Waals surface area contributed by atoms with Crippen LogP contribution >= 0.6 is 11.3 Å². The molecule has 1 aromatic carbocycles. The lowest BCUT2D eigenvalue weighted by atomic mass is 9.96. The lowest BCUT2D eigenvalue weighted by Gasteiger charge is -2.22. The van der Waals surface area contributed by atoms with Crippen molar-refractivity contribution < 1.29 is 9.59 Å². The van der Waals surface area contributed by atoms with Crippen LogP contribution in [0.1, 0.15) is 44.6 Å². The summed E-state index contributed by atoms with van der Waals surface area (Å²) in [7, 11) is 0. The second-order valence-corrected chi connectivity index (χ2v) is 7.44. The van der Waals surface area contributed by atoms with Crippen molar-refractivity contribution in [2.45, 2.75) is 51.6 Å². The van der Waals surface area contributed by atoms with Gasteiger partial charge in [-0.3, -0.25) is 10.1 Å². The number of nitrogens with one attached hydrogen (secondary N) is 3. The van der Waals surface area contributed by atoms with E-state index in [1.165, 1.54) is 37.5 Å². The maximum absolute atomic E-state index is 12.1. The van der Waals surface area contributed by atoms with Gasteiger partial charge in [0.05, 0.1) is 5.69 Å². The molecule has 2 aromatic rings. The number of hydrogen-bond acceptors (Lipinski definition) is 4. The number of benzene rings is 1. The van der Waals surface area contributed by atoms with Gasteiger partial charge in [0.2, 0.25) is 5.91 Å². The summed E-state index contributed by atoms with van der Waals surface area (Å²) in [6.45, 7) is 2.02. The number of hydrogen-bond donors (Lipinski definition) is 3. The monoisotopic (exact) mass is 372 g/mol. The van der Waals surface area contributed by atoms with Crippen molar-refractivity contribution in [2.75, 3.05) is 5.32 Å². The standard InChI is InChI=1S/C19H24N4O2S/c1-13(24)20-11-14-7-9-15(10-8-14)17-12-26-19(22-17)23-18(25)21-16-5-3-2-4-6-16/h7-10,12,16H,2-6,11H2,1H3,(H,20,24)(H2,21,22,23,25). The highest BCUT2D eigenvalue weighted by Crippen LogP contribution is 2.25. The first-order chi connectivity index (χ1) is 12.6. The Hall–Kier alpha value is -2.41. The Labute approximate surface area is 157 Å². The van der Waals surface area contributed by atoms with Crippen LogP contribution in [-0.2, 0) is 11.3 Å². The highest BCUT2D eigenvalue weighted by Gasteiger charge is 2.16. The fraction of sp³-hybridized carbons (Fsp3) is 0.421. The van der Waals surface area contributed by atoms with E-state index in [-0.39, 0.29) is 18.0 Å². The van der Waals surface area contributed by atoms with E-state index >= 15 is 0 Å². The lowest BCUT2D eigenvalue weighted by molar-refractivity contribution is -0.119. The SMILES string of the molecule is CC(=O)NCc1ccc(-c2csc(NC(=O)NC3CCCCC3)n2)cc1. The average Bonchev–Trinajstić information content (AvgIpc) is 3.09. The normalized spacial score (nSPS) is 14.7. The summed E-state index contributed by atoms with van der Waals surface area (Å²) in [5.41, 5.74) is 2.84. The van der Waals surface area contributed by atoms with Crippen LogP contribution in [0.25, 0.3) is 11.3 Å². The second kappa shape index (κ2) is 8.80. The van der Waals surface area contributed by atoms with Crippen LogP contribution in [0.4, 0.5) is 9.93 Å². The van der Waals surface area contributed by atoms with Gasteiger partial charge in [-0.15, -0.1) is 11.3 Å². The molecule has 0 bridgehead atoms. The van der Waals surface area contributed by atoms with Crippen molar-refractivity contribution in [3.05, 3.63) is 35.2 Å². The van der Waals surface area contributed by atoms with Crippen molar-refractivity contribution in [2.24, 2.45) is 0 Å². The van der Waals surface area contributed by atoms with Crippen LogP contribution < -0.4 is 16.0 Å². The number of urea groups is 1. The molecule has 1 saturated carbocycles. The number of carbonyl (C=O) groups is 2. The predicted molar refractivity (Wildman–Crippen MR) is 104 cm³/mol. The summed E-state index contributed by atoms with van der Waals surface area (Å²) >= 11 is 1.41. The number of carbonyl (C=O) groups excluding carboxylic acids is 2. The minimum absolute atomic E-state index is 0.0456. The molecule has 1 heterocycles. The molecular formula is C19H24N4O2S. The fourth-order valence-electron chi connectivity index (χ4n) is 3.05. The van der Waals surface area contributed by atoms with Gasteiger partial charge in [-0.1, -0.05) is 43.5 Å². The van der Waals surface area contributed by atoms with E-state index in [4.69, 9.17) is 0 Å². The number of aromatic nitrogens is 1. The summed E-state index contributed by atoms with van der Waals surface area (Å²) in [4.78, 5) is 27.6. The van der Waals surface area contributed by atoms with E-state index in [1.54, 1.807) is 0 Å². The number of amides is 3. The third kappa shape index (κ3) is 5.29. The van der Waals surface area contributed by atoms with E-state index in [0.29, 0.717) is 11.7 Å². The lowest BCUT2D eigenvalue weighted by Crippen LogP contribution is -2.38. The molecule has 3 amide bonds. The van der Waals surface area contributed by atoms with Gasteiger partial charge in [-0.25, -0.2) is 9.78 Å². The molecule has 26 heavy (non-hydrogen) atoms. The van der Waals surface area contributed by atoms with Gasteiger partial charge in [0.25, 0.3) is 0 Å². The quantitative estimate of drug-likeness (QED) is 0.744. The number of rotatable bonds is 5. The molecule has 0 aliphatic heterocycles. The van der Waals surface area contributed by atoms with Crippen molar-refractivity contribution in [1.82, 2.24) is 15.6 Å². The summed E-state index contributed by atoms with van der Waals surface area (Å²) in [5, 5.41) is 11.2. The van der Waals surface area contributed by atoms with Gasteiger partial charge in [0.1, 0.15) is 0 Å². The predicted octanol–water partition coefficient (Wildman–Crippen LogP) is 3.90. The Morgan fingerprint density at radius 2 is 1.88 bits per heavy atom. The van der Waals surface area contributed by atoms with Crippen LogP contribution in [-0.4, -0.2) is 23.0 Å². The molecule has 1 aromatic heterocycles. The van der Waals surface area contributed by atoms with Gasteiger partial charge >= 0.3 is 6.03 Å². The first kappa shape index (κ1) is 18.4. The molecule has 1 aliphatic rings. The van der Waals surface area contributed by atoms with Crippen molar-refractivity contribution in [1.29, 1.82) is 0 Å². The third-order valence-corrected chi connectivity index (χ3v) is 5.21. The zero-order valence-electron chi connectivity index (χ0n) is 14.9. The smallest absolute Gasteiger partial charge is 0.321 e. The molecule has 0 atom stereocenters. The van der Waals surface area contributed by atoms with E-state index in [2.05, 4.69) is 20.9 Å². The first-order valence-electron chi connectivity index (χ1n) is 8.97. The van der Waals surface area contributed by atoms with Crippen molar-refractivity contribution in [3.63, 3.8) is 0 Å². The molecule has 0 saturated heterocycles. The highest BCUT2D eigenvalue weighted by atomic mass is 32.1. The number of thiazole rings is 1. The van der Waals surface area contributed by atoms with Crippen LogP contribution in [0.5, 0.6) is 0 Å². The Kier molecular flexibility index (Phi) is 6.22. The van der Waals surface area contributed by atoms with E-state index < -0.39 is 0 Å². The minimum Gasteiger partial charge on any atom is -0.352 e. The minimum atomic E-state index is -0.177. The van der Waals surface area contributed by atoms with E-state index in [0.717, 1.165) is 29.7 Å². The largest absolute Gasteiger partial charge is 0.352 e. The molecular weight excluding hydrogens is 348 g/mol. The molecule has 0 spiro atoms. The first-order valence-corrected chi connectivity index (χ1v) is 9.85. The van der Waals surface area contributed by atoms with Gasteiger partial charge < -0.3 is 10.6 Å². The molecule has 1 fully saturated rings. The molecule has 0 radical (unpaired) electrons. The van der Waals surface area contributed by atoms with Crippen LogP contribution in [0, 0.1) is 0 Å². The van der Waals surface area contributed by atoms with Crippen LogP contribution in [0.3, 0.4) is 0 Å². The molecule has 1 aliphatic carbocycles.